The fourth-order valence-electron chi connectivity index (χ4n) is 1.66. The molecule has 0 bridgehead atoms. The Bertz CT molecular complexity index is 465. The second kappa shape index (κ2) is 7.26. The third-order valence-corrected chi connectivity index (χ3v) is 2.77. The predicted molar refractivity (Wildman–Crippen MR) is 79.1 cm³/mol. The van der Waals surface area contributed by atoms with Gasteiger partial charge in [0.05, 0.1) is 25.4 Å². The molecule has 112 valence electrons. The van der Waals surface area contributed by atoms with Gasteiger partial charge in [0.2, 0.25) is 0 Å². The van der Waals surface area contributed by atoms with Crippen molar-refractivity contribution in [1.82, 2.24) is 0 Å². The van der Waals surface area contributed by atoms with Crippen molar-refractivity contribution in [3.63, 3.8) is 0 Å². The Labute approximate surface area is 120 Å². The maximum absolute atomic E-state index is 8.64. The third-order valence-electron chi connectivity index (χ3n) is 2.77. The van der Waals surface area contributed by atoms with E-state index in [0.29, 0.717) is 25.4 Å². The molecule has 5 nitrogen and oxygen atoms in total. The number of nitrogens with two attached hydrogens (primary N) is 1. The molecule has 0 saturated carbocycles. The van der Waals surface area contributed by atoms with Crippen molar-refractivity contribution in [1.29, 1.82) is 0 Å². The van der Waals surface area contributed by atoms with Gasteiger partial charge in [-0.2, -0.15) is 0 Å². The maximum Gasteiger partial charge on any atom is 0.170 e. The van der Waals surface area contributed by atoms with Crippen molar-refractivity contribution in [2.24, 2.45) is 10.9 Å². The number of rotatable bonds is 6. The summed E-state index contributed by atoms with van der Waals surface area (Å²) in [6.07, 6.45) is 0. The van der Waals surface area contributed by atoms with Crippen molar-refractivity contribution in [2.45, 2.75) is 39.9 Å². The number of hydrogen-bond acceptors (Lipinski definition) is 4. The topological polar surface area (TPSA) is 77.1 Å². The van der Waals surface area contributed by atoms with Crippen LogP contribution in [0.4, 0.5) is 0 Å². The van der Waals surface area contributed by atoms with Crippen LogP contribution >= 0.6 is 0 Å². The minimum atomic E-state index is -0.137. The molecular weight excluding hydrogens is 256 g/mol. The molecule has 1 aromatic rings. The number of aryl methyl sites for hydroxylation is 1. The normalized spacial score (nSPS) is 12.7. The van der Waals surface area contributed by atoms with Gasteiger partial charge in [0.1, 0.15) is 0 Å². The number of hydrogen-bond donors (Lipinski definition) is 2. The minimum absolute atomic E-state index is 0.110. The van der Waals surface area contributed by atoms with E-state index in [2.05, 4.69) is 5.16 Å². The highest BCUT2D eigenvalue weighted by Gasteiger charge is 2.09. The monoisotopic (exact) mass is 280 g/mol. The molecule has 5 heteroatoms. The Morgan fingerprint density at radius 2 is 2.00 bits per heavy atom. The van der Waals surface area contributed by atoms with E-state index in [0.717, 1.165) is 11.1 Å². The number of benzene rings is 1. The first-order valence-corrected chi connectivity index (χ1v) is 6.62. The maximum atomic E-state index is 8.64. The molecule has 0 amide bonds. The van der Waals surface area contributed by atoms with E-state index in [-0.39, 0.29) is 11.4 Å². The molecular formula is C15H24N2O3. The van der Waals surface area contributed by atoms with Crippen LogP contribution in [0.5, 0.6) is 0 Å². The van der Waals surface area contributed by atoms with Crippen molar-refractivity contribution in [3.8, 4) is 0 Å². The van der Waals surface area contributed by atoms with Gasteiger partial charge >= 0.3 is 0 Å². The van der Waals surface area contributed by atoms with Crippen LogP contribution in [0.15, 0.2) is 23.4 Å². The summed E-state index contributed by atoms with van der Waals surface area (Å²) in [4.78, 5) is 0. The zero-order valence-electron chi connectivity index (χ0n) is 12.6. The van der Waals surface area contributed by atoms with Crippen LogP contribution in [0, 0.1) is 6.92 Å². The highest BCUT2D eigenvalue weighted by molar-refractivity contribution is 5.97. The molecule has 0 aromatic heterocycles. The average molecular weight is 280 g/mol. The Hall–Kier alpha value is -1.59. The molecule has 0 fully saturated rings. The molecule has 0 aliphatic rings. The van der Waals surface area contributed by atoms with Gasteiger partial charge in [-0.1, -0.05) is 17.3 Å². The standard InChI is InChI=1S/C15H24N2O3/c1-11-9-12(14(16)17-18)5-6-13(11)10-19-7-8-20-15(2,3)4/h5-6,9,18H,7-8,10H2,1-4H3,(H2,16,17). The Kier molecular flexibility index (Phi) is 5.98. The van der Waals surface area contributed by atoms with Crippen LogP contribution < -0.4 is 5.73 Å². The highest BCUT2D eigenvalue weighted by atomic mass is 16.5. The fourth-order valence-corrected chi connectivity index (χ4v) is 1.66. The summed E-state index contributed by atoms with van der Waals surface area (Å²) in [6.45, 7) is 9.67. The molecule has 0 aliphatic heterocycles. The van der Waals surface area contributed by atoms with Gasteiger partial charge in [0.15, 0.2) is 5.84 Å². The van der Waals surface area contributed by atoms with Crippen molar-refractivity contribution in [3.05, 3.63) is 34.9 Å². The molecule has 1 rings (SSSR count). The van der Waals surface area contributed by atoms with Gasteiger partial charge in [-0.3, -0.25) is 0 Å². The summed E-state index contributed by atoms with van der Waals surface area (Å²) in [5, 5.41) is 11.6. The second-order valence-corrected chi connectivity index (χ2v) is 5.64. The van der Waals surface area contributed by atoms with Gasteiger partial charge < -0.3 is 20.4 Å². The van der Waals surface area contributed by atoms with Gasteiger partial charge in [0.25, 0.3) is 0 Å². The summed E-state index contributed by atoms with van der Waals surface area (Å²) in [5.74, 6) is 0.110. The van der Waals surface area contributed by atoms with E-state index in [1.54, 1.807) is 0 Å². The summed E-state index contributed by atoms with van der Waals surface area (Å²) < 4.78 is 11.2. The van der Waals surface area contributed by atoms with Crippen LogP contribution in [0.3, 0.4) is 0 Å². The highest BCUT2D eigenvalue weighted by Crippen LogP contribution is 2.12. The lowest BCUT2D eigenvalue weighted by Gasteiger charge is -2.19. The number of ether oxygens (including phenoxy) is 2. The molecule has 0 heterocycles. The molecule has 0 radical (unpaired) electrons. The Morgan fingerprint density at radius 3 is 2.55 bits per heavy atom. The van der Waals surface area contributed by atoms with Crippen LogP contribution in [-0.4, -0.2) is 29.9 Å². The van der Waals surface area contributed by atoms with Crippen LogP contribution in [0.1, 0.15) is 37.5 Å². The Balaban J connectivity index is 2.45. The predicted octanol–water partition coefficient (Wildman–Crippen LogP) is 2.42. The first kappa shape index (κ1) is 16.5. The molecule has 1 aromatic carbocycles. The molecule has 0 atom stereocenters. The first-order valence-electron chi connectivity index (χ1n) is 6.62. The van der Waals surface area contributed by atoms with Crippen LogP contribution in [0.2, 0.25) is 0 Å². The molecule has 0 spiro atoms. The lowest BCUT2D eigenvalue weighted by Crippen LogP contribution is -2.21. The molecule has 0 saturated heterocycles. The van der Waals surface area contributed by atoms with E-state index >= 15 is 0 Å². The first-order chi connectivity index (χ1) is 9.33. The van der Waals surface area contributed by atoms with Gasteiger partial charge in [0, 0.05) is 5.56 Å². The van der Waals surface area contributed by atoms with Gasteiger partial charge in [-0.15, -0.1) is 0 Å². The summed E-state index contributed by atoms with van der Waals surface area (Å²) in [5.41, 5.74) is 8.23. The van der Waals surface area contributed by atoms with E-state index < -0.39 is 0 Å². The SMILES string of the molecule is Cc1cc(/C(N)=N/O)ccc1COCCOC(C)(C)C. The lowest BCUT2D eigenvalue weighted by molar-refractivity contribution is -0.0377. The van der Waals surface area contributed by atoms with Crippen molar-refractivity contribution >= 4 is 5.84 Å². The second-order valence-electron chi connectivity index (χ2n) is 5.64. The van der Waals surface area contributed by atoms with Crippen molar-refractivity contribution in [2.75, 3.05) is 13.2 Å². The summed E-state index contributed by atoms with van der Waals surface area (Å²) in [6, 6.07) is 5.61. The third kappa shape index (κ3) is 5.59. The smallest absolute Gasteiger partial charge is 0.170 e. The number of oxime groups is 1. The molecule has 0 unspecified atom stereocenters. The van der Waals surface area contributed by atoms with E-state index in [1.807, 2.05) is 45.9 Å². The van der Waals surface area contributed by atoms with E-state index in [4.69, 9.17) is 20.4 Å². The average Bonchev–Trinajstić information content (AvgIpc) is 2.37. The molecule has 3 N–H and O–H groups in total. The van der Waals surface area contributed by atoms with E-state index in [1.165, 1.54) is 0 Å². The quantitative estimate of drug-likeness (QED) is 0.276. The number of amidine groups is 1. The number of nitrogens with zero attached hydrogens (tertiary/aromatic N) is 1. The van der Waals surface area contributed by atoms with Gasteiger partial charge in [-0.25, -0.2) is 0 Å². The summed E-state index contributed by atoms with van der Waals surface area (Å²) in [7, 11) is 0. The molecule has 20 heavy (non-hydrogen) atoms. The van der Waals surface area contributed by atoms with Crippen LogP contribution in [0.25, 0.3) is 0 Å². The lowest BCUT2D eigenvalue weighted by atomic mass is 10.1. The summed E-state index contributed by atoms with van der Waals surface area (Å²) >= 11 is 0. The van der Waals surface area contributed by atoms with Crippen LogP contribution in [-0.2, 0) is 16.1 Å². The minimum Gasteiger partial charge on any atom is -0.409 e. The zero-order valence-corrected chi connectivity index (χ0v) is 12.6. The largest absolute Gasteiger partial charge is 0.409 e. The van der Waals surface area contributed by atoms with Crippen molar-refractivity contribution < 1.29 is 14.7 Å². The Morgan fingerprint density at radius 1 is 1.30 bits per heavy atom. The van der Waals surface area contributed by atoms with E-state index in [9.17, 15) is 0 Å². The zero-order chi connectivity index (χ0) is 15.2. The molecule has 0 aliphatic carbocycles. The van der Waals surface area contributed by atoms with Gasteiger partial charge in [-0.05, 0) is 44.9 Å². The fraction of sp³-hybridized carbons (Fsp3) is 0.533.